The van der Waals surface area contributed by atoms with E-state index in [9.17, 15) is 9.90 Å². The molecular formula is C43H62O4. The first kappa shape index (κ1) is 38.2. The highest BCUT2D eigenvalue weighted by Crippen LogP contribution is 2.31. The van der Waals surface area contributed by atoms with Crippen molar-refractivity contribution >= 4 is 5.97 Å². The Morgan fingerprint density at radius 1 is 0.468 bits per heavy atom. The van der Waals surface area contributed by atoms with Crippen LogP contribution in [0.2, 0.25) is 0 Å². The lowest BCUT2D eigenvalue weighted by Gasteiger charge is -2.12. The number of hydrogen-bond acceptors (Lipinski definition) is 3. The zero-order chi connectivity index (χ0) is 33.4. The second-order valence-electron chi connectivity index (χ2n) is 13.2. The van der Waals surface area contributed by atoms with Crippen LogP contribution in [0.15, 0.2) is 66.7 Å². The molecule has 3 aromatic rings. The molecule has 0 aromatic heterocycles. The Morgan fingerprint density at radius 3 is 1.23 bits per heavy atom. The lowest BCUT2D eigenvalue weighted by atomic mass is 9.95. The zero-order valence-electron chi connectivity index (χ0n) is 29.6. The summed E-state index contributed by atoms with van der Waals surface area (Å²) in [5.74, 6) is 0.753. The van der Waals surface area contributed by atoms with Gasteiger partial charge in [-0.3, -0.25) is 0 Å². The average Bonchev–Trinajstić information content (AvgIpc) is 3.10. The summed E-state index contributed by atoms with van der Waals surface area (Å²) < 4.78 is 11.9. The summed E-state index contributed by atoms with van der Waals surface area (Å²) in [6.07, 6.45) is 26.2. The van der Waals surface area contributed by atoms with Crippen LogP contribution in [0.4, 0.5) is 0 Å². The van der Waals surface area contributed by atoms with Crippen LogP contribution in [0.25, 0.3) is 22.3 Å². The molecule has 0 fully saturated rings. The number of carboxylic acids is 1. The molecule has 0 spiro atoms. The second kappa shape index (κ2) is 24.0. The van der Waals surface area contributed by atoms with E-state index in [1.54, 1.807) is 6.07 Å². The molecule has 0 aliphatic carbocycles. The van der Waals surface area contributed by atoms with Gasteiger partial charge in [-0.05, 0) is 65.4 Å². The van der Waals surface area contributed by atoms with Crippen LogP contribution in [-0.4, -0.2) is 24.3 Å². The molecule has 0 amide bonds. The normalized spacial score (nSPS) is 11.1. The standard InChI is InChI=1S/C43H62O4/c1-3-5-7-9-11-13-15-17-19-21-33-46-39-28-23-36(24-29-39)38-27-32-41(42(35-38)43(44)45)37-25-30-40(31-26-37)47-34-22-20-18-16-14-12-10-8-6-4-2/h23-32,35H,3-22,33-34H2,1-2H3,(H,44,45). The van der Waals surface area contributed by atoms with E-state index in [-0.39, 0.29) is 0 Å². The van der Waals surface area contributed by atoms with Crippen molar-refractivity contribution in [1.82, 2.24) is 0 Å². The van der Waals surface area contributed by atoms with Gasteiger partial charge in [-0.25, -0.2) is 4.79 Å². The van der Waals surface area contributed by atoms with Crippen LogP contribution >= 0.6 is 0 Å². The van der Waals surface area contributed by atoms with E-state index in [4.69, 9.17) is 9.47 Å². The molecule has 0 aliphatic heterocycles. The van der Waals surface area contributed by atoms with Crippen molar-refractivity contribution in [2.24, 2.45) is 0 Å². The first-order valence-electron chi connectivity index (χ1n) is 19.0. The van der Waals surface area contributed by atoms with E-state index in [1.807, 2.05) is 60.7 Å². The molecule has 258 valence electrons. The third kappa shape index (κ3) is 15.5. The highest BCUT2D eigenvalue weighted by atomic mass is 16.5. The largest absolute Gasteiger partial charge is 0.494 e. The van der Waals surface area contributed by atoms with Gasteiger partial charge >= 0.3 is 5.97 Å². The molecule has 0 saturated heterocycles. The number of ether oxygens (including phenoxy) is 2. The molecule has 3 aromatic carbocycles. The highest BCUT2D eigenvalue weighted by Gasteiger charge is 2.14. The summed E-state index contributed by atoms with van der Waals surface area (Å²) in [4.78, 5) is 12.3. The van der Waals surface area contributed by atoms with Crippen molar-refractivity contribution in [2.45, 2.75) is 142 Å². The van der Waals surface area contributed by atoms with Crippen molar-refractivity contribution in [3.8, 4) is 33.8 Å². The van der Waals surface area contributed by atoms with Gasteiger partial charge in [0.15, 0.2) is 0 Å². The Morgan fingerprint density at radius 2 is 0.830 bits per heavy atom. The van der Waals surface area contributed by atoms with Crippen molar-refractivity contribution in [1.29, 1.82) is 0 Å². The zero-order valence-corrected chi connectivity index (χ0v) is 29.6. The predicted molar refractivity (Wildman–Crippen MR) is 199 cm³/mol. The molecule has 3 rings (SSSR count). The van der Waals surface area contributed by atoms with Crippen molar-refractivity contribution < 1.29 is 19.4 Å². The van der Waals surface area contributed by atoms with E-state index in [1.165, 1.54) is 116 Å². The van der Waals surface area contributed by atoms with E-state index in [0.29, 0.717) is 17.7 Å². The van der Waals surface area contributed by atoms with Crippen LogP contribution < -0.4 is 9.47 Å². The monoisotopic (exact) mass is 642 g/mol. The first-order chi connectivity index (χ1) is 23.1. The maximum Gasteiger partial charge on any atom is 0.336 e. The van der Waals surface area contributed by atoms with Gasteiger partial charge in [-0.15, -0.1) is 0 Å². The summed E-state index contributed by atoms with van der Waals surface area (Å²) in [7, 11) is 0. The minimum Gasteiger partial charge on any atom is -0.494 e. The van der Waals surface area contributed by atoms with Gasteiger partial charge in [-0.2, -0.15) is 0 Å². The van der Waals surface area contributed by atoms with Crippen LogP contribution in [0.5, 0.6) is 11.5 Å². The molecule has 47 heavy (non-hydrogen) atoms. The van der Waals surface area contributed by atoms with Gasteiger partial charge in [-0.1, -0.05) is 166 Å². The van der Waals surface area contributed by atoms with Crippen molar-refractivity contribution in [3.63, 3.8) is 0 Å². The van der Waals surface area contributed by atoms with Crippen LogP contribution in [0.1, 0.15) is 153 Å². The molecule has 4 heteroatoms. The summed E-state index contributed by atoms with van der Waals surface area (Å²) in [6.45, 7) is 5.98. The molecule has 0 saturated carbocycles. The molecule has 4 nitrogen and oxygen atoms in total. The van der Waals surface area contributed by atoms with Gasteiger partial charge < -0.3 is 14.6 Å². The first-order valence-corrected chi connectivity index (χ1v) is 19.0. The van der Waals surface area contributed by atoms with Crippen LogP contribution in [0.3, 0.4) is 0 Å². The fraction of sp³-hybridized carbons (Fsp3) is 0.558. The number of hydrogen-bond donors (Lipinski definition) is 1. The summed E-state index contributed by atoms with van der Waals surface area (Å²) >= 11 is 0. The molecule has 0 atom stereocenters. The highest BCUT2D eigenvalue weighted by molar-refractivity contribution is 5.97. The fourth-order valence-corrected chi connectivity index (χ4v) is 6.19. The Kier molecular flexibility index (Phi) is 19.5. The van der Waals surface area contributed by atoms with E-state index in [0.717, 1.165) is 47.6 Å². The van der Waals surface area contributed by atoms with Crippen LogP contribution in [0, 0.1) is 0 Å². The SMILES string of the molecule is CCCCCCCCCCCCOc1ccc(-c2ccc(-c3ccc(OCCCCCCCCCCCC)cc3)c(C(=O)O)c2)cc1. The summed E-state index contributed by atoms with van der Waals surface area (Å²) in [5, 5.41) is 10.1. The average molecular weight is 643 g/mol. The third-order valence-electron chi connectivity index (χ3n) is 9.14. The van der Waals surface area contributed by atoms with Gasteiger partial charge in [0.2, 0.25) is 0 Å². The van der Waals surface area contributed by atoms with Crippen LogP contribution in [-0.2, 0) is 0 Å². The molecule has 0 unspecified atom stereocenters. The lowest BCUT2D eigenvalue weighted by Crippen LogP contribution is -2.01. The maximum atomic E-state index is 12.3. The molecule has 0 radical (unpaired) electrons. The van der Waals surface area contributed by atoms with E-state index in [2.05, 4.69) is 13.8 Å². The Hall–Kier alpha value is -3.27. The van der Waals surface area contributed by atoms with Gasteiger partial charge in [0, 0.05) is 0 Å². The summed E-state index contributed by atoms with van der Waals surface area (Å²) in [6, 6.07) is 21.5. The molecule has 0 bridgehead atoms. The quantitative estimate of drug-likeness (QED) is 0.0841. The molecule has 0 heterocycles. The van der Waals surface area contributed by atoms with E-state index < -0.39 is 5.97 Å². The second-order valence-corrected chi connectivity index (χ2v) is 13.2. The maximum absolute atomic E-state index is 12.3. The fourth-order valence-electron chi connectivity index (χ4n) is 6.19. The minimum atomic E-state index is -0.931. The number of rotatable bonds is 27. The Balaban J connectivity index is 1.39. The smallest absolute Gasteiger partial charge is 0.336 e. The minimum absolute atomic E-state index is 0.294. The van der Waals surface area contributed by atoms with E-state index >= 15 is 0 Å². The number of benzene rings is 3. The number of carboxylic acid groups (broad SMARTS) is 1. The molecule has 0 aliphatic rings. The molecule has 1 N–H and O–H groups in total. The van der Waals surface area contributed by atoms with Gasteiger partial charge in [0.25, 0.3) is 0 Å². The van der Waals surface area contributed by atoms with Gasteiger partial charge in [0.1, 0.15) is 11.5 Å². The number of carbonyl (C=O) groups is 1. The third-order valence-corrected chi connectivity index (χ3v) is 9.14. The topological polar surface area (TPSA) is 55.8 Å². The summed E-state index contributed by atoms with van der Waals surface area (Å²) in [5.41, 5.74) is 3.72. The van der Waals surface area contributed by atoms with Crippen molar-refractivity contribution in [2.75, 3.05) is 13.2 Å². The number of unbranched alkanes of at least 4 members (excludes halogenated alkanes) is 18. The Bertz CT molecular complexity index is 1230. The van der Waals surface area contributed by atoms with Crippen molar-refractivity contribution in [3.05, 3.63) is 72.3 Å². The van der Waals surface area contributed by atoms with Gasteiger partial charge in [0.05, 0.1) is 18.8 Å². The molecular weight excluding hydrogens is 580 g/mol. The predicted octanol–water partition coefficient (Wildman–Crippen LogP) is 13.3. The number of aromatic carboxylic acids is 1. The lowest BCUT2D eigenvalue weighted by molar-refractivity contribution is 0.0697. The Labute approximate surface area is 286 Å².